The molecule has 0 aliphatic heterocycles. The van der Waals surface area contributed by atoms with Crippen molar-refractivity contribution in [2.24, 2.45) is 0 Å². The van der Waals surface area contributed by atoms with Crippen molar-refractivity contribution in [2.75, 3.05) is 4.31 Å². The number of thiophene rings is 1. The summed E-state index contributed by atoms with van der Waals surface area (Å²) in [6.07, 6.45) is 1.67. The summed E-state index contributed by atoms with van der Waals surface area (Å²) in [4.78, 5) is 4.58. The van der Waals surface area contributed by atoms with E-state index in [4.69, 9.17) is 0 Å². The molecular formula is C20H16N2O2S2. The molecule has 0 radical (unpaired) electrons. The summed E-state index contributed by atoms with van der Waals surface area (Å²) < 4.78 is 29.1. The van der Waals surface area contributed by atoms with Gasteiger partial charge in [-0.3, -0.25) is 9.29 Å². The lowest BCUT2D eigenvalue weighted by molar-refractivity contribution is 0.590. The average Bonchev–Trinajstić information content (AvgIpc) is 3.11. The van der Waals surface area contributed by atoms with Crippen LogP contribution in [0.25, 0.3) is 10.1 Å². The van der Waals surface area contributed by atoms with Gasteiger partial charge in [0.25, 0.3) is 10.0 Å². The molecule has 2 aromatic heterocycles. The van der Waals surface area contributed by atoms with Crippen molar-refractivity contribution < 1.29 is 8.42 Å². The lowest BCUT2D eigenvalue weighted by Gasteiger charge is -2.22. The summed E-state index contributed by atoms with van der Waals surface area (Å²) in [6.45, 7) is 0.185. The summed E-state index contributed by atoms with van der Waals surface area (Å²) >= 11 is 1.47. The van der Waals surface area contributed by atoms with E-state index in [0.717, 1.165) is 10.1 Å². The zero-order valence-electron chi connectivity index (χ0n) is 13.8. The number of fused-ring (bicyclic) bond motifs is 1. The zero-order chi connectivity index (χ0) is 18.0. The lowest BCUT2D eigenvalue weighted by Crippen LogP contribution is -2.30. The second kappa shape index (κ2) is 6.90. The summed E-state index contributed by atoms with van der Waals surface area (Å²) in [5.74, 6) is 0. The van der Waals surface area contributed by atoms with Crippen LogP contribution < -0.4 is 4.31 Å². The van der Waals surface area contributed by atoms with Gasteiger partial charge in [-0.1, -0.05) is 42.5 Å². The van der Waals surface area contributed by atoms with Gasteiger partial charge >= 0.3 is 0 Å². The fourth-order valence-electron chi connectivity index (χ4n) is 2.73. The molecule has 130 valence electrons. The minimum absolute atomic E-state index is 0.185. The van der Waals surface area contributed by atoms with Gasteiger partial charge in [-0.2, -0.15) is 0 Å². The number of benzene rings is 2. The van der Waals surface area contributed by atoms with Crippen molar-refractivity contribution in [3.63, 3.8) is 0 Å². The molecule has 0 aliphatic carbocycles. The highest BCUT2D eigenvalue weighted by molar-refractivity contribution is 7.93. The Morgan fingerprint density at radius 3 is 2.35 bits per heavy atom. The Morgan fingerprint density at radius 2 is 1.62 bits per heavy atom. The molecule has 0 unspecified atom stereocenters. The van der Waals surface area contributed by atoms with Crippen molar-refractivity contribution in [3.8, 4) is 0 Å². The van der Waals surface area contributed by atoms with Crippen molar-refractivity contribution in [2.45, 2.75) is 11.4 Å². The van der Waals surface area contributed by atoms with Gasteiger partial charge in [0.1, 0.15) is 5.00 Å². The maximum Gasteiger partial charge on any atom is 0.265 e. The quantitative estimate of drug-likeness (QED) is 0.505. The molecule has 2 heterocycles. The Balaban J connectivity index is 1.84. The van der Waals surface area contributed by atoms with Crippen molar-refractivity contribution in [1.29, 1.82) is 0 Å². The third kappa shape index (κ3) is 3.21. The third-order valence-corrected chi connectivity index (χ3v) is 7.05. The predicted molar refractivity (Wildman–Crippen MR) is 106 cm³/mol. The summed E-state index contributed by atoms with van der Waals surface area (Å²) in [7, 11) is -3.70. The zero-order valence-corrected chi connectivity index (χ0v) is 15.5. The molecule has 0 bridgehead atoms. The summed E-state index contributed by atoms with van der Waals surface area (Å²) in [5.41, 5.74) is 0.699. The fourth-order valence-corrected chi connectivity index (χ4v) is 5.45. The highest BCUT2D eigenvalue weighted by atomic mass is 32.2. The van der Waals surface area contributed by atoms with Gasteiger partial charge in [0.2, 0.25) is 0 Å². The van der Waals surface area contributed by atoms with E-state index in [1.54, 1.807) is 30.5 Å². The Bertz CT molecular complexity index is 1090. The molecule has 0 amide bonds. The summed E-state index contributed by atoms with van der Waals surface area (Å²) in [6, 6.07) is 23.8. The molecule has 0 aliphatic rings. The van der Waals surface area contributed by atoms with Gasteiger partial charge in [-0.15, -0.1) is 11.3 Å². The molecule has 4 rings (SSSR count). The average molecular weight is 380 g/mol. The van der Waals surface area contributed by atoms with E-state index in [-0.39, 0.29) is 11.4 Å². The number of hydrogen-bond donors (Lipinski definition) is 0. The molecule has 0 saturated carbocycles. The molecule has 0 saturated heterocycles. The van der Waals surface area contributed by atoms with E-state index in [9.17, 15) is 8.42 Å². The van der Waals surface area contributed by atoms with Gasteiger partial charge in [-0.25, -0.2) is 8.42 Å². The molecule has 0 fully saturated rings. The Hall–Kier alpha value is -2.70. The third-order valence-electron chi connectivity index (χ3n) is 4.02. The number of hydrogen-bond acceptors (Lipinski definition) is 4. The molecule has 26 heavy (non-hydrogen) atoms. The monoisotopic (exact) mass is 380 g/mol. The van der Waals surface area contributed by atoms with Crippen molar-refractivity contribution in [1.82, 2.24) is 4.98 Å². The highest BCUT2D eigenvalue weighted by Crippen LogP contribution is 2.36. The van der Waals surface area contributed by atoms with Crippen LogP contribution in [0, 0.1) is 0 Å². The highest BCUT2D eigenvalue weighted by Gasteiger charge is 2.27. The molecule has 2 aromatic carbocycles. The van der Waals surface area contributed by atoms with Crippen LogP contribution in [0.1, 0.15) is 5.69 Å². The van der Waals surface area contributed by atoms with Crippen LogP contribution in [0.15, 0.2) is 90.0 Å². The van der Waals surface area contributed by atoms with Crippen molar-refractivity contribution in [3.05, 3.63) is 90.8 Å². The molecule has 6 heteroatoms. The Morgan fingerprint density at radius 1 is 0.885 bits per heavy atom. The van der Waals surface area contributed by atoms with E-state index in [1.165, 1.54) is 15.6 Å². The number of pyridine rings is 1. The van der Waals surface area contributed by atoms with Crippen LogP contribution in [0.4, 0.5) is 5.00 Å². The van der Waals surface area contributed by atoms with E-state index in [0.29, 0.717) is 10.7 Å². The molecule has 0 N–H and O–H groups in total. The molecule has 0 atom stereocenters. The van der Waals surface area contributed by atoms with Crippen LogP contribution >= 0.6 is 11.3 Å². The molecule has 4 nitrogen and oxygen atoms in total. The largest absolute Gasteiger partial charge is 0.265 e. The van der Waals surface area contributed by atoms with Gasteiger partial charge in [0, 0.05) is 10.9 Å². The van der Waals surface area contributed by atoms with E-state index in [2.05, 4.69) is 4.98 Å². The smallest absolute Gasteiger partial charge is 0.259 e. The second-order valence-corrected chi connectivity index (χ2v) is 8.69. The van der Waals surface area contributed by atoms with Crippen LogP contribution in [-0.4, -0.2) is 13.4 Å². The Labute approximate surface area is 156 Å². The van der Waals surface area contributed by atoms with E-state index >= 15 is 0 Å². The maximum atomic E-state index is 13.3. The van der Waals surface area contributed by atoms with Crippen LogP contribution in [0.2, 0.25) is 0 Å². The van der Waals surface area contributed by atoms with Crippen LogP contribution in [0.5, 0.6) is 0 Å². The topological polar surface area (TPSA) is 50.3 Å². The van der Waals surface area contributed by atoms with Crippen LogP contribution in [-0.2, 0) is 16.6 Å². The number of aromatic nitrogens is 1. The molecule has 0 spiro atoms. The first-order valence-corrected chi connectivity index (χ1v) is 10.4. The van der Waals surface area contributed by atoms with E-state index in [1.807, 2.05) is 54.6 Å². The van der Waals surface area contributed by atoms with E-state index < -0.39 is 10.0 Å². The van der Waals surface area contributed by atoms with Crippen molar-refractivity contribution >= 4 is 36.4 Å². The predicted octanol–water partition coefficient (Wildman–Crippen LogP) is 4.69. The van der Waals surface area contributed by atoms with Gasteiger partial charge < -0.3 is 0 Å². The fraction of sp³-hybridized carbons (Fsp3) is 0.0500. The number of rotatable bonds is 5. The number of anilines is 1. The first-order chi connectivity index (χ1) is 12.6. The second-order valence-electron chi connectivity index (χ2n) is 5.77. The Kier molecular flexibility index (Phi) is 4.44. The first-order valence-electron chi connectivity index (χ1n) is 8.11. The number of nitrogens with zero attached hydrogens (tertiary/aromatic N) is 2. The molecule has 4 aromatic rings. The van der Waals surface area contributed by atoms with Gasteiger partial charge in [-0.05, 0) is 41.8 Å². The van der Waals surface area contributed by atoms with Crippen LogP contribution in [0.3, 0.4) is 0 Å². The summed E-state index contributed by atoms with van der Waals surface area (Å²) in [5, 5.41) is 1.71. The SMILES string of the molecule is O=S(=O)(c1ccccc1)N(Cc1ccccn1)c1cc2ccccc2s1. The minimum atomic E-state index is -3.70. The minimum Gasteiger partial charge on any atom is -0.259 e. The molecular weight excluding hydrogens is 364 g/mol. The standard InChI is InChI=1S/C20H16N2O2S2/c23-26(24,18-10-2-1-3-11-18)22(15-17-9-6-7-13-21-17)20-14-16-8-4-5-12-19(16)25-20/h1-14H,15H2. The first kappa shape index (κ1) is 16.8. The normalized spacial score (nSPS) is 11.5. The lowest BCUT2D eigenvalue weighted by atomic mass is 10.3. The van der Waals surface area contributed by atoms with Gasteiger partial charge in [0.05, 0.1) is 17.1 Å². The number of sulfonamides is 1. The maximum absolute atomic E-state index is 13.3. The van der Waals surface area contributed by atoms with Gasteiger partial charge in [0.15, 0.2) is 0 Å².